The van der Waals surface area contributed by atoms with E-state index in [1.807, 2.05) is 0 Å². The molecule has 0 aliphatic rings. The Kier molecular flexibility index (Phi) is 59.9. The standard InChI is InChI=1S/C71H114O6/c1-4-7-10-13-16-19-22-25-28-31-33-34-35-36-38-40-43-46-49-52-55-58-61-64-70(73)76-67-68(66-75-69(72)63-60-57-54-51-48-45-42-39-30-27-24-21-18-15-12-9-6-3)77-71(74)65-62-59-56-53-50-47-44-41-37-32-29-26-23-20-17-14-11-8-5-2/h7,9-10,12,16,18-19,21,25-30,33-34,36,38,42-43,45-46,52,55,68H,4-6,8,11,13-15,17,20,22-24,31-32,35,37,39-41,44,47-51,53-54,56-67H2,1-3H3/b10-7-,12-9-,19-16-,21-18-,28-25-,29-26-,30-27-,34-33-,38-36-,45-42-,46-43-,55-52-. The van der Waals surface area contributed by atoms with E-state index in [1.165, 1.54) is 89.9 Å². The highest BCUT2D eigenvalue weighted by Crippen LogP contribution is 2.14. The van der Waals surface area contributed by atoms with Gasteiger partial charge in [0.1, 0.15) is 13.2 Å². The van der Waals surface area contributed by atoms with Gasteiger partial charge in [0.05, 0.1) is 0 Å². The van der Waals surface area contributed by atoms with E-state index < -0.39 is 6.10 Å². The predicted molar refractivity (Wildman–Crippen MR) is 334 cm³/mol. The average molecular weight is 1060 g/mol. The summed E-state index contributed by atoms with van der Waals surface area (Å²) in [7, 11) is 0. The molecule has 0 aliphatic carbocycles. The second-order valence-electron chi connectivity index (χ2n) is 20.2. The fourth-order valence-electron chi connectivity index (χ4n) is 8.18. The lowest BCUT2D eigenvalue weighted by molar-refractivity contribution is -0.167. The average Bonchev–Trinajstić information content (AvgIpc) is 3.43. The van der Waals surface area contributed by atoms with Gasteiger partial charge in [0.15, 0.2) is 6.10 Å². The van der Waals surface area contributed by atoms with Crippen molar-refractivity contribution in [3.8, 4) is 0 Å². The maximum atomic E-state index is 12.9. The van der Waals surface area contributed by atoms with Crippen LogP contribution in [0.4, 0.5) is 0 Å². The van der Waals surface area contributed by atoms with Crippen molar-refractivity contribution in [2.45, 2.75) is 271 Å². The van der Waals surface area contributed by atoms with Crippen molar-refractivity contribution in [2.24, 2.45) is 0 Å². The van der Waals surface area contributed by atoms with Crippen LogP contribution in [0.25, 0.3) is 0 Å². The Morgan fingerprint density at radius 3 is 0.857 bits per heavy atom. The molecule has 0 aromatic heterocycles. The Labute approximate surface area is 474 Å². The van der Waals surface area contributed by atoms with E-state index in [9.17, 15) is 14.4 Å². The maximum Gasteiger partial charge on any atom is 0.306 e. The summed E-state index contributed by atoms with van der Waals surface area (Å²) >= 11 is 0. The number of allylic oxidation sites excluding steroid dienone is 24. The Bertz CT molecular complexity index is 1700. The van der Waals surface area contributed by atoms with Gasteiger partial charge in [-0.1, -0.05) is 256 Å². The minimum atomic E-state index is -0.821. The molecule has 0 aromatic rings. The summed E-state index contributed by atoms with van der Waals surface area (Å²) in [5.41, 5.74) is 0. The van der Waals surface area contributed by atoms with E-state index >= 15 is 0 Å². The molecule has 77 heavy (non-hydrogen) atoms. The number of unbranched alkanes of at least 4 members (excludes halogenated alkanes) is 20. The molecular formula is C71H114O6. The molecule has 1 unspecified atom stereocenters. The molecule has 0 radical (unpaired) electrons. The molecule has 0 fully saturated rings. The Balaban J connectivity index is 4.54. The molecule has 0 N–H and O–H groups in total. The van der Waals surface area contributed by atoms with Gasteiger partial charge < -0.3 is 14.2 Å². The van der Waals surface area contributed by atoms with Crippen molar-refractivity contribution in [1.29, 1.82) is 0 Å². The Morgan fingerprint density at radius 1 is 0.273 bits per heavy atom. The first-order chi connectivity index (χ1) is 38.0. The van der Waals surface area contributed by atoms with Crippen LogP contribution in [0.1, 0.15) is 265 Å². The van der Waals surface area contributed by atoms with Gasteiger partial charge in [-0.2, -0.15) is 0 Å². The number of rotatable bonds is 55. The van der Waals surface area contributed by atoms with Crippen LogP contribution in [0, 0.1) is 0 Å². The van der Waals surface area contributed by atoms with Crippen LogP contribution in [0.3, 0.4) is 0 Å². The number of carbonyl (C=O) groups is 3. The number of hydrogen-bond acceptors (Lipinski definition) is 6. The van der Waals surface area contributed by atoms with Crippen LogP contribution in [-0.4, -0.2) is 37.2 Å². The topological polar surface area (TPSA) is 78.9 Å². The zero-order valence-electron chi connectivity index (χ0n) is 49.7. The monoisotopic (exact) mass is 1060 g/mol. The number of ether oxygens (including phenoxy) is 3. The Hall–Kier alpha value is -4.71. The summed E-state index contributed by atoms with van der Waals surface area (Å²) in [4.78, 5) is 38.3. The van der Waals surface area contributed by atoms with Gasteiger partial charge >= 0.3 is 17.9 Å². The molecule has 0 aliphatic heterocycles. The summed E-state index contributed by atoms with van der Waals surface area (Å²) in [5, 5.41) is 0. The highest BCUT2D eigenvalue weighted by molar-refractivity contribution is 5.71. The minimum absolute atomic E-state index is 0.115. The van der Waals surface area contributed by atoms with Crippen LogP contribution in [0.2, 0.25) is 0 Å². The largest absolute Gasteiger partial charge is 0.462 e. The van der Waals surface area contributed by atoms with Crippen molar-refractivity contribution >= 4 is 17.9 Å². The highest BCUT2D eigenvalue weighted by atomic mass is 16.6. The fraction of sp³-hybridized carbons (Fsp3) is 0.620. The number of esters is 3. The van der Waals surface area contributed by atoms with E-state index in [4.69, 9.17) is 14.2 Å². The predicted octanol–water partition coefficient (Wildman–Crippen LogP) is 21.5. The SMILES string of the molecule is CC/C=C\C/C=C\C/C=C\C/C=C\C/C=C\C/C=C\C/C=C\CCCC(=O)OCC(COC(=O)CCCCCC/C=C\C/C=C\C/C=C\C/C=C\CC)OC(=O)CCCCCCCCCCC/C=C\CCCCCCCC. The van der Waals surface area contributed by atoms with Crippen LogP contribution in [-0.2, 0) is 28.6 Å². The molecule has 0 spiro atoms. The third-order valence-corrected chi connectivity index (χ3v) is 12.8. The van der Waals surface area contributed by atoms with E-state index in [-0.39, 0.29) is 37.5 Å². The van der Waals surface area contributed by atoms with Gasteiger partial charge in [-0.05, 0) is 135 Å². The summed E-state index contributed by atoms with van der Waals surface area (Å²) in [6, 6.07) is 0. The molecule has 0 amide bonds. The van der Waals surface area contributed by atoms with Gasteiger partial charge in [-0.25, -0.2) is 0 Å². The van der Waals surface area contributed by atoms with Crippen LogP contribution < -0.4 is 0 Å². The molecular weight excluding hydrogens is 949 g/mol. The fourth-order valence-corrected chi connectivity index (χ4v) is 8.18. The minimum Gasteiger partial charge on any atom is -0.462 e. The van der Waals surface area contributed by atoms with E-state index in [0.29, 0.717) is 19.3 Å². The van der Waals surface area contributed by atoms with E-state index in [1.54, 1.807) is 0 Å². The van der Waals surface area contributed by atoms with Crippen molar-refractivity contribution < 1.29 is 28.6 Å². The summed E-state index contributed by atoms with van der Waals surface area (Å²) < 4.78 is 16.9. The first-order valence-corrected chi connectivity index (χ1v) is 31.3. The number of carbonyl (C=O) groups excluding carboxylic acids is 3. The van der Waals surface area contributed by atoms with Gasteiger partial charge in [0, 0.05) is 19.3 Å². The second-order valence-corrected chi connectivity index (χ2v) is 20.2. The van der Waals surface area contributed by atoms with Gasteiger partial charge in [-0.15, -0.1) is 0 Å². The summed E-state index contributed by atoms with van der Waals surface area (Å²) in [5.74, 6) is -1.00. The van der Waals surface area contributed by atoms with E-state index in [2.05, 4.69) is 167 Å². The maximum absolute atomic E-state index is 12.9. The molecule has 0 rings (SSSR count). The van der Waals surface area contributed by atoms with Crippen LogP contribution in [0.5, 0.6) is 0 Å². The van der Waals surface area contributed by atoms with Crippen molar-refractivity contribution in [3.05, 3.63) is 146 Å². The van der Waals surface area contributed by atoms with Crippen molar-refractivity contribution in [2.75, 3.05) is 13.2 Å². The van der Waals surface area contributed by atoms with E-state index in [0.717, 1.165) is 128 Å². The molecule has 1 atom stereocenters. The first-order valence-electron chi connectivity index (χ1n) is 31.3. The molecule has 0 aromatic carbocycles. The lowest BCUT2D eigenvalue weighted by Gasteiger charge is -2.18. The van der Waals surface area contributed by atoms with Crippen molar-refractivity contribution in [1.82, 2.24) is 0 Å². The lowest BCUT2D eigenvalue weighted by atomic mass is 10.1. The first kappa shape index (κ1) is 72.3. The molecule has 0 bridgehead atoms. The zero-order chi connectivity index (χ0) is 55.7. The van der Waals surface area contributed by atoms with Crippen LogP contribution >= 0.6 is 0 Å². The third-order valence-electron chi connectivity index (χ3n) is 12.8. The molecule has 0 heterocycles. The van der Waals surface area contributed by atoms with Crippen molar-refractivity contribution in [3.63, 3.8) is 0 Å². The van der Waals surface area contributed by atoms with Crippen LogP contribution in [0.15, 0.2) is 146 Å². The Morgan fingerprint density at radius 2 is 0.519 bits per heavy atom. The molecule has 6 heteroatoms. The molecule has 434 valence electrons. The summed E-state index contributed by atoms with van der Waals surface area (Å²) in [6.07, 6.45) is 91.3. The normalized spacial score (nSPS) is 13.1. The summed E-state index contributed by atoms with van der Waals surface area (Å²) in [6.45, 7) is 6.34. The smallest absolute Gasteiger partial charge is 0.306 e. The van der Waals surface area contributed by atoms with Gasteiger partial charge in [-0.3, -0.25) is 14.4 Å². The third kappa shape index (κ3) is 62.0. The van der Waals surface area contributed by atoms with Gasteiger partial charge in [0.25, 0.3) is 0 Å². The second kappa shape index (κ2) is 63.8. The molecule has 6 nitrogen and oxygen atoms in total. The van der Waals surface area contributed by atoms with Gasteiger partial charge in [0.2, 0.25) is 0 Å². The number of hydrogen-bond donors (Lipinski definition) is 0. The molecule has 0 saturated heterocycles. The molecule has 0 saturated carbocycles. The quantitative estimate of drug-likeness (QED) is 0.0261. The highest BCUT2D eigenvalue weighted by Gasteiger charge is 2.19. The zero-order valence-corrected chi connectivity index (χ0v) is 49.7. The lowest BCUT2D eigenvalue weighted by Crippen LogP contribution is -2.30.